The number of anilines is 1. The molecule has 2 saturated heterocycles. The first-order valence-electron chi connectivity index (χ1n) is 11.8. The molecule has 3 aromatic rings. The molecule has 34 heavy (non-hydrogen) atoms. The van der Waals surface area contributed by atoms with E-state index in [2.05, 4.69) is 21.1 Å². The number of aromatic nitrogens is 2. The van der Waals surface area contributed by atoms with E-state index >= 15 is 0 Å². The molecule has 3 fully saturated rings. The summed E-state index contributed by atoms with van der Waals surface area (Å²) in [5.74, 6) is 0.531. The standard InChI is InChI=1S/C26H24F2N4O2/c27-21-2-1-3-22(28)24(21)25-20(26(34-31-25)16-5-6-16)14-33-19-10-17-7-8-18(11-19)32(17)23-9-4-15(12-29)13-30-23/h1-4,9,13,16-19H,5-8,10-11,14H2. The predicted octanol–water partition coefficient (Wildman–Crippen LogP) is 5.48. The van der Waals surface area contributed by atoms with Crippen molar-refractivity contribution in [1.82, 2.24) is 10.1 Å². The molecule has 1 aliphatic carbocycles. The number of benzene rings is 1. The zero-order valence-electron chi connectivity index (χ0n) is 18.6. The summed E-state index contributed by atoms with van der Waals surface area (Å²) in [6, 6.07) is 10.3. The Morgan fingerprint density at radius 2 is 1.79 bits per heavy atom. The first kappa shape index (κ1) is 21.2. The molecule has 6 rings (SSSR count). The van der Waals surface area contributed by atoms with Crippen LogP contribution in [0.2, 0.25) is 0 Å². The van der Waals surface area contributed by atoms with Crippen molar-refractivity contribution in [3.05, 3.63) is 65.1 Å². The quantitative estimate of drug-likeness (QED) is 0.483. The smallest absolute Gasteiger partial charge is 0.145 e. The van der Waals surface area contributed by atoms with Crippen LogP contribution in [0.4, 0.5) is 14.6 Å². The van der Waals surface area contributed by atoms with Crippen molar-refractivity contribution in [1.29, 1.82) is 5.26 Å². The van der Waals surface area contributed by atoms with Gasteiger partial charge >= 0.3 is 0 Å². The van der Waals surface area contributed by atoms with Crippen LogP contribution in [0.15, 0.2) is 41.1 Å². The summed E-state index contributed by atoms with van der Waals surface area (Å²) < 4.78 is 40.9. The van der Waals surface area contributed by atoms with Crippen molar-refractivity contribution in [2.75, 3.05) is 4.90 Å². The van der Waals surface area contributed by atoms with Gasteiger partial charge in [-0.25, -0.2) is 13.8 Å². The Morgan fingerprint density at radius 3 is 2.41 bits per heavy atom. The zero-order chi connectivity index (χ0) is 23.2. The van der Waals surface area contributed by atoms with Gasteiger partial charge in [0.2, 0.25) is 0 Å². The monoisotopic (exact) mass is 462 g/mol. The third-order valence-electron chi connectivity index (χ3n) is 7.26. The molecule has 2 aliphatic heterocycles. The number of pyridine rings is 1. The first-order chi connectivity index (χ1) is 16.6. The largest absolute Gasteiger partial charge is 0.373 e. The maximum Gasteiger partial charge on any atom is 0.145 e. The molecule has 174 valence electrons. The number of hydrogen-bond acceptors (Lipinski definition) is 6. The summed E-state index contributed by atoms with van der Waals surface area (Å²) in [7, 11) is 0. The molecule has 0 N–H and O–H groups in total. The molecule has 6 nitrogen and oxygen atoms in total. The molecule has 8 heteroatoms. The van der Waals surface area contributed by atoms with Gasteiger partial charge in [0.05, 0.1) is 23.8 Å². The van der Waals surface area contributed by atoms with Crippen LogP contribution >= 0.6 is 0 Å². The highest BCUT2D eigenvalue weighted by Crippen LogP contribution is 2.45. The lowest BCUT2D eigenvalue weighted by Gasteiger charge is -2.39. The fourth-order valence-corrected chi connectivity index (χ4v) is 5.49. The van der Waals surface area contributed by atoms with E-state index in [1.54, 1.807) is 12.3 Å². The molecule has 2 atom stereocenters. The second kappa shape index (κ2) is 8.48. The van der Waals surface area contributed by atoms with Crippen molar-refractivity contribution in [3.63, 3.8) is 0 Å². The van der Waals surface area contributed by atoms with Gasteiger partial charge < -0.3 is 14.2 Å². The lowest BCUT2D eigenvalue weighted by Crippen LogP contribution is -2.46. The van der Waals surface area contributed by atoms with Crippen LogP contribution in [0.5, 0.6) is 0 Å². The molecule has 0 radical (unpaired) electrons. The minimum Gasteiger partial charge on any atom is -0.373 e. The van der Waals surface area contributed by atoms with Gasteiger partial charge in [0, 0.05) is 29.8 Å². The predicted molar refractivity (Wildman–Crippen MR) is 120 cm³/mol. The van der Waals surface area contributed by atoms with Crippen LogP contribution in [0.1, 0.15) is 61.3 Å². The summed E-state index contributed by atoms with van der Waals surface area (Å²) in [6.07, 6.45) is 7.47. The Balaban J connectivity index is 1.20. The van der Waals surface area contributed by atoms with Crippen molar-refractivity contribution >= 4 is 5.82 Å². The normalized spacial score (nSPS) is 23.8. The number of fused-ring (bicyclic) bond motifs is 2. The fourth-order valence-electron chi connectivity index (χ4n) is 5.49. The summed E-state index contributed by atoms with van der Waals surface area (Å²) in [6.45, 7) is 0.220. The molecule has 0 spiro atoms. The lowest BCUT2D eigenvalue weighted by molar-refractivity contribution is 0.0146. The average molecular weight is 463 g/mol. The lowest BCUT2D eigenvalue weighted by atomic mass is 9.99. The number of piperidine rings is 1. The van der Waals surface area contributed by atoms with Gasteiger partial charge in [-0.2, -0.15) is 5.26 Å². The molecule has 2 unspecified atom stereocenters. The molecule has 2 aromatic heterocycles. The number of ether oxygens (including phenoxy) is 1. The molecular formula is C26H24F2N4O2. The summed E-state index contributed by atoms with van der Waals surface area (Å²) in [5.41, 5.74) is 1.27. The maximum absolute atomic E-state index is 14.5. The second-order valence-corrected chi connectivity index (χ2v) is 9.46. The summed E-state index contributed by atoms with van der Waals surface area (Å²) in [4.78, 5) is 6.85. The van der Waals surface area contributed by atoms with E-state index in [0.717, 1.165) is 44.3 Å². The minimum atomic E-state index is -0.654. The SMILES string of the molecule is N#Cc1ccc(N2C3CCC2CC(OCc2c(-c4c(F)cccc4F)noc2C2CC2)C3)nc1. The van der Waals surface area contributed by atoms with Crippen LogP contribution in [0.25, 0.3) is 11.3 Å². The Bertz CT molecular complexity index is 1210. The van der Waals surface area contributed by atoms with Gasteiger partial charge in [-0.3, -0.25) is 0 Å². The fraction of sp³-hybridized carbons (Fsp3) is 0.423. The molecule has 2 bridgehead atoms. The van der Waals surface area contributed by atoms with Crippen LogP contribution in [0, 0.1) is 23.0 Å². The topological polar surface area (TPSA) is 75.2 Å². The van der Waals surface area contributed by atoms with E-state index in [9.17, 15) is 8.78 Å². The van der Waals surface area contributed by atoms with Crippen LogP contribution < -0.4 is 4.90 Å². The van der Waals surface area contributed by atoms with Crippen LogP contribution in [0.3, 0.4) is 0 Å². The average Bonchev–Trinajstić information content (AvgIpc) is 3.55. The van der Waals surface area contributed by atoms with Gasteiger partial charge in [-0.1, -0.05) is 11.2 Å². The molecule has 1 saturated carbocycles. The number of halogens is 2. The third-order valence-corrected chi connectivity index (χ3v) is 7.26. The van der Waals surface area contributed by atoms with Gasteiger partial charge in [0.15, 0.2) is 0 Å². The molecule has 3 aliphatic rings. The molecular weight excluding hydrogens is 438 g/mol. The molecule has 4 heterocycles. The summed E-state index contributed by atoms with van der Waals surface area (Å²) in [5, 5.41) is 13.1. The zero-order valence-corrected chi connectivity index (χ0v) is 18.6. The van der Waals surface area contributed by atoms with Crippen LogP contribution in [-0.2, 0) is 11.3 Å². The van der Waals surface area contributed by atoms with E-state index in [-0.39, 0.29) is 29.9 Å². The highest BCUT2D eigenvalue weighted by Gasteiger charge is 2.42. The van der Waals surface area contributed by atoms with Gasteiger partial charge in [-0.15, -0.1) is 0 Å². The summed E-state index contributed by atoms with van der Waals surface area (Å²) >= 11 is 0. The number of nitriles is 1. The molecule has 1 aromatic carbocycles. The number of rotatable bonds is 6. The van der Waals surface area contributed by atoms with Crippen molar-refractivity contribution in [2.24, 2.45) is 0 Å². The number of nitrogens with zero attached hydrogens (tertiary/aromatic N) is 4. The van der Waals surface area contributed by atoms with Gasteiger partial charge in [0.1, 0.15) is 35.0 Å². The van der Waals surface area contributed by atoms with Crippen molar-refractivity contribution in [2.45, 2.75) is 69.2 Å². The maximum atomic E-state index is 14.5. The van der Waals surface area contributed by atoms with Gasteiger partial charge in [-0.05, 0) is 62.8 Å². The highest BCUT2D eigenvalue weighted by atomic mass is 19.1. The first-order valence-corrected chi connectivity index (χ1v) is 11.8. The minimum absolute atomic E-state index is 0.0346. The second-order valence-electron chi connectivity index (χ2n) is 9.46. The van der Waals surface area contributed by atoms with E-state index < -0.39 is 11.6 Å². The van der Waals surface area contributed by atoms with E-state index in [1.165, 1.54) is 18.2 Å². The Morgan fingerprint density at radius 1 is 1.06 bits per heavy atom. The Kier molecular flexibility index (Phi) is 5.30. The highest BCUT2D eigenvalue weighted by molar-refractivity contribution is 5.65. The van der Waals surface area contributed by atoms with Crippen molar-refractivity contribution < 1.29 is 18.0 Å². The van der Waals surface area contributed by atoms with Gasteiger partial charge in [0.25, 0.3) is 0 Å². The third kappa shape index (κ3) is 3.74. The Labute approximate surface area is 196 Å². The Hall–Kier alpha value is -3.31. The van der Waals surface area contributed by atoms with Crippen molar-refractivity contribution in [3.8, 4) is 17.3 Å². The molecule has 0 amide bonds. The number of hydrogen-bond donors (Lipinski definition) is 0. The van der Waals surface area contributed by atoms with Crippen LogP contribution in [-0.4, -0.2) is 28.3 Å². The van der Waals surface area contributed by atoms with E-state index in [1.807, 2.05) is 6.07 Å². The van der Waals surface area contributed by atoms with E-state index in [4.69, 9.17) is 14.5 Å². The van der Waals surface area contributed by atoms with E-state index in [0.29, 0.717) is 29.0 Å².